The third-order valence-corrected chi connectivity index (χ3v) is 8.41. The number of benzene rings is 2. The predicted octanol–water partition coefficient (Wildman–Crippen LogP) is 2.30. The van der Waals surface area contributed by atoms with Gasteiger partial charge in [-0.3, -0.25) is 14.6 Å². The summed E-state index contributed by atoms with van der Waals surface area (Å²) in [4.78, 5) is 25.3. The van der Waals surface area contributed by atoms with Crippen LogP contribution in [-0.2, 0) is 22.5 Å². The fourth-order valence-corrected chi connectivity index (χ4v) is 6.09. The maximum absolute atomic E-state index is 13.3. The van der Waals surface area contributed by atoms with Gasteiger partial charge in [0.25, 0.3) is 0 Å². The Morgan fingerprint density at radius 1 is 0.750 bits per heavy atom. The lowest BCUT2D eigenvalue weighted by Gasteiger charge is -2.45. The van der Waals surface area contributed by atoms with E-state index >= 15 is 0 Å². The molecule has 0 radical (unpaired) electrons. The first-order chi connectivity index (χ1) is 17.7. The molecule has 7 heteroatoms. The molecular formula is C29H39N5O2. The van der Waals surface area contributed by atoms with Crippen molar-refractivity contribution in [1.29, 1.82) is 0 Å². The number of piperazine rings is 1. The van der Waals surface area contributed by atoms with Crippen molar-refractivity contribution in [3.05, 3.63) is 59.7 Å². The lowest BCUT2D eigenvalue weighted by atomic mass is 9.99. The lowest BCUT2D eigenvalue weighted by Crippen LogP contribution is -2.59. The highest BCUT2D eigenvalue weighted by Gasteiger charge is 2.32. The Labute approximate surface area is 215 Å². The maximum atomic E-state index is 13.3. The third kappa shape index (κ3) is 5.24. The zero-order valence-electron chi connectivity index (χ0n) is 21.4. The van der Waals surface area contributed by atoms with Crippen LogP contribution in [-0.4, -0.2) is 105 Å². The molecular weight excluding hydrogens is 450 g/mol. The van der Waals surface area contributed by atoms with E-state index in [1.165, 1.54) is 23.2 Å². The van der Waals surface area contributed by atoms with E-state index in [2.05, 4.69) is 73.0 Å². The molecule has 4 aliphatic rings. The molecule has 4 heterocycles. The number of likely N-dealkylation sites (tertiary alicyclic amines) is 1. The molecule has 1 atom stereocenters. The Balaban J connectivity index is 1.07. The molecule has 3 fully saturated rings. The van der Waals surface area contributed by atoms with Crippen LogP contribution in [0.25, 0.3) is 0 Å². The van der Waals surface area contributed by atoms with Crippen molar-refractivity contribution in [3.8, 4) is 0 Å². The van der Waals surface area contributed by atoms with Gasteiger partial charge in [0.1, 0.15) is 0 Å². The van der Waals surface area contributed by atoms with Crippen LogP contribution < -0.4 is 9.80 Å². The van der Waals surface area contributed by atoms with Gasteiger partial charge in [-0.25, -0.2) is 0 Å². The van der Waals surface area contributed by atoms with Crippen molar-refractivity contribution in [1.82, 2.24) is 14.7 Å². The van der Waals surface area contributed by atoms with Crippen LogP contribution in [0.5, 0.6) is 0 Å². The molecule has 3 saturated heterocycles. The molecule has 2 aromatic carbocycles. The number of rotatable bonds is 7. The second kappa shape index (κ2) is 10.8. The minimum Gasteiger partial charge on any atom is -0.378 e. The van der Waals surface area contributed by atoms with Crippen molar-refractivity contribution in [2.24, 2.45) is 0 Å². The highest BCUT2D eigenvalue weighted by Crippen LogP contribution is 2.26. The van der Waals surface area contributed by atoms with Crippen molar-refractivity contribution in [2.45, 2.75) is 25.4 Å². The first-order valence-electron chi connectivity index (χ1n) is 13.7. The number of fused-ring (bicyclic) bond motifs is 1. The number of nitrogens with zero attached hydrogens (tertiary/aromatic N) is 5. The summed E-state index contributed by atoms with van der Waals surface area (Å²) in [5.41, 5.74) is 5.35. The van der Waals surface area contributed by atoms with E-state index in [0.29, 0.717) is 12.6 Å². The molecule has 4 aliphatic heterocycles. The first-order valence-corrected chi connectivity index (χ1v) is 13.7. The van der Waals surface area contributed by atoms with Crippen molar-refractivity contribution in [3.63, 3.8) is 0 Å². The molecule has 0 saturated carbocycles. The number of carbonyl (C=O) groups excluding carboxylic acids is 1. The molecule has 2 aromatic rings. The maximum Gasteiger partial charge on any atom is 0.242 e. The molecule has 6 rings (SSSR count). The molecule has 0 spiro atoms. The summed E-state index contributed by atoms with van der Waals surface area (Å²) >= 11 is 0. The third-order valence-electron chi connectivity index (χ3n) is 8.41. The number of morpholine rings is 1. The number of hydrogen-bond acceptors (Lipinski definition) is 6. The SMILES string of the molecule is O=C1CN(c2cccc(N3CCOCC3)c2)CCN1CC(CN1CCc2ccccc2C1)N1CCC1. The largest absolute Gasteiger partial charge is 0.378 e. The Morgan fingerprint density at radius 3 is 2.28 bits per heavy atom. The van der Waals surface area contributed by atoms with E-state index in [-0.39, 0.29) is 5.91 Å². The van der Waals surface area contributed by atoms with Crippen molar-refractivity contribution < 1.29 is 9.53 Å². The van der Waals surface area contributed by atoms with Gasteiger partial charge >= 0.3 is 0 Å². The van der Waals surface area contributed by atoms with Crippen molar-refractivity contribution >= 4 is 17.3 Å². The van der Waals surface area contributed by atoms with E-state index in [4.69, 9.17) is 4.74 Å². The van der Waals surface area contributed by atoms with Gasteiger partial charge in [0.2, 0.25) is 5.91 Å². The average molecular weight is 490 g/mol. The minimum absolute atomic E-state index is 0.257. The molecule has 7 nitrogen and oxygen atoms in total. The summed E-state index contributed by atoms with van der Waals surface area (Å²) in [5.74, 6) is 0.257. The molecule has 0 aliphatic carbocycles. The predicted molar refractivity (Wildman–Crippen MR) is 144 cm³/mol. The summed E-state index contributed by atoms with van der Waals surface area (Å²) in [7, 11) is 0. The number of carbonyl (C=O) groups is 1. The summed E-state index contributed by atoms with van der Waals surface area (Å²) in [6.45, 7) is 11.9. The van der Waals surface area contributed by atoms with Crippen LogP contribution in [0, 0.1) is 0 Å². The molecule has 0 aromatic heterocycles. The second-order valence-corrected chi connectivity index (χ2v) is 10.7. The smallest absolute Gasteiger partial charge is 0.242 e. The Kier molecular flexibility index (Phi) is 7.12. The molecule has 0 N–H and O–H groups in total. The standard InChI is InChI=1S/C29H39N5O2/c35-29-23-33(27-8-3-7-26(19-27)32-15-17-36-18-16-32)13-14-34(29)22-28(31-10-4-11-31)21-30-12-9-24-5-1-2-6-25(24)20-30/h1-3,5-8,19,28H,4,9-18,20-23H2. The summed E-state index contributed by atoms with van der Waals surface area (Å²) in [5, 5.41) is 0. The second-order valence-electron chi connectivity index (χ2n) is 10.7. The number of hydrogen-bond donors (Lipinski definition) is 0. The zero-order chi connectivity index (χ0) is 24.3. The summed E-state index contributed by atoms with van der Waals surface area (Å²) < 4.78 is 5.51. The van der Waals surface area contributed by atoms with Gasteiger partial charge in [-0.1, -0.05) is 30.3 Å². The van der Waals surface area contributed by atoms with E-state index in [9.17, 15) is 4.79 Å². The Hall–Kier alpha value is -2.61. The Morgan fingerprint density at radius 2 is 1.53 bits per heavy atom. The van der Waals surface area contributed by atoms with E-state index in [1.807, 2.05) is 0 Å². The molecule has 0 bridgehead atoms. The van der Waals surface area contributed by atoms with Crippen LogP contribution in [0.15, 0.2) is 48.5 Å². The minimum atomic E-state index is 0.257. The van der Waals surface area contributed by atoms with Crippen LogP contribution in [0.1, 0.15) is 17.5 Å². The zero-order valence-corrected chi connectivity index (χ0v) is 21.4. The van der Waals surface area contributed by atoms with Gasteiger partial charge < -0.3 is 19.4 Å². The van der Waals surface area contributed by atoms with Crippen LogP contribution in [0.2, 0.25) is 0 Å². The highest BCUT2D eigenvalue weighted by molar-refractivity contribution is 5.83. The number of amides is 1. The lowest BCUT2D eigenvalue weighted by molar-refractivity contribution is -0.132. The van der Waals surface area contributed by atoms with Crippen LogP contribution in [0.4, 0.5) is 11.4 Å². The van der Waals surface area contributed by atoms with Gasteiger partial charge in [-0.2, -0.15) is 0 Å². The van der Waals surface area contributed by atoms with Crippen LogP contribution in [0.3, 0.4) is 0 Å². The van der Waals surface area contributed by atoms with Crippen molar-refractivity contribution in [2.75, 3.05) is 88.5 Å². The van der Waals surface area contributed by atoms with E-state index in [1.54, 1.807) is 0 Å². The monoisotopic (exact) mass is 489 g/mol. The Bertz CT molecular complexity index is 1050. The summed E-state index contributed by atoms with van der Waals surface area (Å²) in [6, 6.07) is 18.0. The number of anilines is 2. The van der Waals surface area contributed by atoms with Gasteiger partial charge in [-0.05, 0) is 55.3 Å². The topological polar surface area (TPSA) is 42.5 Å². The fourth-order valence-electron chi connectivity index (χ4n) is 6.09. The van der Waals surface area contributed by atoms with Crippen LogP contribution >= 0.6 is 0 Å². The van der Waals surface area contributed by atoms with Gasteiger partial charge in [-0.15, -0.1) is 0 Å². The number of ether oxygens (including phenoxy) is 1. The van der Waals surface area contributed by atoms with E-state index in [0.717, 1.165) is 90.8 Å². The molecule has 192 valence electrons. The quantitative estimate of drug-likeness (QED) is 0.595. The normalized spacial score (nSPS) is 22.3. The van der Waals surface area contributed by atoms with Gasteiger partial charge in [0, 0.05) is 69.8 Å². The molecule has 1 unspecified atom stereocenters. The summed E-state index contributed by atoms with van der Waals surface area (Å²) in [6.07, 6.45) is 2.41. The first kappa shape index (κ1) is 23.8. The van der Waals surface area contributed by atoms with E-state index < -0.39 is 0 Å². The van der Waals surface area contributed by atoms with Gasteiger partial charge in [0.15, 0.2) is 0 Å². The fraction of sp³-hybridized carbons (Fsp3) is 0.552. The molecule has 36 heavy (non-hydrogen) atoms. The highest BCUT2D eigenvalue weighted by atomic mass is 16.5. The van der Waals surface area contributed by atoms with Gasteiger partial charge in [0.05, 0.1) is 19.8 Å². The molecule has 1 amide bonds. The average Bonchev–Trinajstić information content (AvgIpc) is 2.89.